The number of aryl methyl sites for hydroxylation is 1. The maximum absolute atomic E-state index is 13.0. The first-order chi connectivity index (χ1) is 14.4. The molecule has 5 atom stereocenters. The molecular formula is C21H21NO8. The Bertz CT molecular complexity index is 1100. The monoisotopic (exact) mass is 415 g/mol. The van der Waals surface area contributed by atoms with Crippen LogP contribution in [0.2, 0.25) is 0 Å². The zero-order chi connectivity index (χ0) is 21.4. The molecule has 2 aromatic heterocycles. The van der Waals surface area contributed by atoms with Gasteiger partial charge in [0, 0.05) is 12.3 Å². The highest BCUT2D eigenvalue weighted by atomic mass is 16.7. The van der Waals surface area contributed by atoms with Crippen molar-refractivity contribution in [2.24, 2.45) is 0 Å². The lowest BCUT2D eigenvalue weighted by molar-refractivity contribution is -0.277. The smallest absolute Gasteiger partial charge is 0.229 e. The van der Waals surface area contributed by atoms with Gasteiger partial charge in [-0.1, -0.05) is 6.07 Å². The third-order valence-electron chi connectivity index (χ3n) is 5.06. The Morgan fingerprint density at radius 2 is 1.90 bits per heavy atom. The Kier molecular flexibility index (Phi) is 5.54. The van der Waals surface area contributed by atoms with E-state index in [9.17, 15) is 25.2 Å². The second-order valence-electron chi connectivity index (χ2n) is 7.05. The fraction of sp³-hybridized carbons (Fsp3) is 0.333. The molecular weight excluding hydrogens is 394 g/mol. The Labute approximate surface area is 170 Å². The predicted octanol–water partition coefficient (Wildman–Crippen LogP) is 0.342. The van der Waals surface area contributed by atoms with E-state index >= 15 is 0 Å². The van der Waals surface area contributed by atoms with E-state index in [0.29, 0.717) is 22.4 Å². The lowest BCUT2D eigenvalue weighted by Crippen LogP contribution is -2.60. The number of aromatic nitrogens is 1. The van der Waals surface area contributed by atoms with Gasteiger partial charge in [-0.15, -0.1) is 0 Å². The third-order valence-corrected chi connectivity index (χ3v) is 5.06. The molecule has 1 aliphatic heterocycles. The van der Waals surface area contributed by atoms with Gasteiger partial charge in [-0.3, -0.25) is 9.78 Å². The van der Waals surface area contributed by atoms with Gasteiger partial charge >= 0.3 is 0 Å². The average Bonchev–Trinajstić information content (AvgIpc) is 2.74. The zero-order valence-electron chi connectivity index (χ0n) is 16.0. The number of ether oxygens (including phenoxy) is 2. The number of aliphatic hydroxyl groups excluding tert-OH is 4. The van der Waals surface area contributed by atoms with Crippen LogP contribution in [-0.4, -0.2) is 62.7 Å². The van der Waals surface area contributed by atoms with Gasteiger partial charge in [0.25, 0.3) is 0 Å². The van der Waals surface area contributed by atoms with Gasteiger partial charge < -0.3 is 34.3 Å². The van der Waals surface area contributed by atoms with E-state index in [0.717, 1.165) is 0 Å². The summed E-state index contributed by atoms with van der Waals surface area (Å²) in [5.41, 5.74) is 0.893. The quantitative estimate of drug-likeness (QED) is 0.474. The topological polar surface area (TPSA) is 142 Å². The van der Waals surface area contributed by atoms with Crippen molar-refractivity contribution in [1.82, 2.24) is 4.98 Å². The molecule has 0 unspecified atom stereocenters. The van der Waals surface area contributed by atoms with E-state index in [4.69, 9.17) is 13.9 Å². The minimum atomic E-state index is -1.55. The zero-order valence-corrected chi connectivity index (χ0v) is 16.0. The van der Waals surface area contributed by atoms with E-state index < -0.39 is 37.3 Å². The molecule has 4 N–H and O–H groups in total. The molecule has 9 nitrogen and oxygen atoms in total. The molecule has 158 valence electrons. The lowest BCUT2D eigenvalue weighted by Gasteiger charge is -2.39. The summed E-state index contributed by atoms with van der Waals surface area (Å²) in [6.45, 7) is 1.10. The number of rotatable bonds is 4. The van der Waals surface area contributed by atoms with Gasteiger partial charge in [0.1, 0.15) is 41.5 Å². The van der Waals surface area contributed by atoms with Crippen LogP contribution in [0.3, 0.4) is 0 Å². The van der Waals surface area contributed by atoms with Gasteiger partial charge in [0.05, 0.1) is 23.3 Å². The molecule has 0 bridgehead atoms. The van der Waals surface area contributed by atoms with Gasteiger partial charge in [-0.2, -0.15) is 0 Å². The molecule has 9 heteroatoms. The maximum atomic E-state index is 13.0. The van der Waals surface area contributed by atoms with E-state index in [1.807, 2.05) is 0 Å². The molecule has 4 rings (SSSR count). The van der Waals surface area contributed by atoms with Crippen LogP contribution in [0.5, 0.6) is 5.75 Å². The number of hydrogen-bond donors (Lipinski definition) is 4. The molecule has 1 aliphatic rings. The van der Waals surface area contributed by atoms with Gasteiger partial charge in [-0.05, 0) is 31.2 Å². The first-order valence-corrected chi connectivity index (χ1v) is 9.36. The first kappa shape index (κ1) is 20.5. The lowest BCUT2D eigenvalue weighted by atomic mass is 9.99. The van der Waals surface area contributed by atoms with Crippen molar-refractivity contribution in [3.63, 3.8) is 0 Å². The third kappa shape index (κ3) is 3.57. The molecule has 1 aromatic carbocycles. The van der Waals surface area contributed by atoms with Crippen molar-refractivity contribution >= 4 is 11.0 Å². The van der Waals surface area contributed by atoms with Gasteiger partial charge in [0.2, 0.25) is 11.7 Å². The highest BCUT2D eigenvalue weighted by Crippen LogP contribution is 2.28. The summed E-state index contributed by atoms with van der Waals surface area (Å²) < 4.78 is 16.7. The van der Waals surface area contributed by atoms with Crippen molar-refractivity contribution in [2.45, 2.75) is 37.6 Å². The molecule has 3 heterocycles. The Morgan fingerprint density at radius 1 is 1.10 bits per heavy atom. The fourth-order valence-corrected chi connectivity index (χ4v) is 3.46. The summed E-state index contributed by atoms with van der Waals surface area (Å²) in [6, 6.07) is 9.74. The SMILES string of the molecule is Cc1oc2cc(O[C@@H]3O[C@H](CO)[C@@H](O)[C@@H](O)[C@@H]3O)ccc2c(=O)c1-c1ccccn1. The largest absolute Gasteiger partial charge is 0.462 e. The summed E-state index contributed by atoms with van der Waals surface area (Å²) in [5, 5.41) is 39.5. The summed E-state index contributed by atoms with van der Waals surface area (Å²) in [6.07, 6.45) is -5.41. The summed E-state index contributed by atoms with van der Waals surface area (Å²) >= 11 is 0. The molecule has 3 aromatic rings. The van der Waals surface area contributed by atoms with E-state index in [-0.39, 0.29) is 16.8 Å². The molecule has 30 heavy (non-hydrogen) atoms. The number of hydrogen-bond acceptors (Lipinski definition) is 9. The van der Waals surface area contributed by atoms with Crippen molar-refractivity contribution in [2.75, 3.05) is 6.61 Å². The van der Waals surface area contributed by atoms with E-state index in [1.165, 1.54) is 18.2 Å². The van der Waals surface area contributed by atoms with Gasteiger partial charge in [-0.25, -0.2) is 0 Å². The highest BCUT2D eigenvalue weighted by Gasteiger charge is 2.44. The van der Waals surface area contributed by atoms with Crippen LogP contribution < -0.4 is 10.2 Å². The highest BCUT2D eigenvalue weighted by molar-refractivity contribution is 5.83. The average molecular weight is 415 g/mol. The summed E-state index contributed by atoms with van der Waals surface area (Å²) in [5.74, 6) is 0.594. The first-order valence-electron chi connectivity index (χ1n) is 9.36. The van der Waals surface area contributed by atoms with Crippen molar-refractivity contribution in [3.8, 4) is 17.0 Å². The minimum absolute atomic E-state index is 0.208. The van der Waals surface area contributed by atoms with Crippen LogP contribution in [-0.2, 0) is 4.74 Å². The normalized spacial score (nSPS) is 26.6. The number of pyridine rings is 1. The summed E-state index contributed by atoms with van der Waals surface area (Å²) in [7, 11) is 0. The summed E-state index contributed by atoms with van der Waals surface area (Å²) in [4.78, 5) is 17.2. The Hall–Kier alpha value is -2.82. The van der Waals surface area contributed by atoms with Crippen LogP contribution in [0.1, 0.15) is 5.76 Å². The van der Waals surface area contributed by atoms with E-state index in [1.54, 1.807) is 31.3 Å². The van der Waals surface area contributed by atoms with Crippen molar-refractivity contribution in [3.05, 3.63) is 58.6 Å². The molecule has 1 fully saturated rings. The predicted molar refractivity (Wildman–Crippen MR) is 105 cm³/mol. The molecule has 0 aliphatic carbocycles. The van der Waals surface area contributed by atoms with Crippen LogP contribution >= 0.6 is 0 Å². The van der Waals surface area contributed by atoms with Crippen LogP contribution in [0.25, 0.3) is 22.2 Å². The van der Waals surface area contributed by atoms with Gasteiger partial charge in [0.15, 0.2) is 0 Å². The number of fused-ring (bicyclic) bond motifs is 1. The van der Waals surface area contributed by atoms with Crippen LogP contribution in [0.15, 0.2) is 51.8 Å². The van der Waals surface area contributed by atoms with Crippen LogP contribution in [0, 0.1) is 6.92 Å². The fourth-order valence-electron chi connectivity index (χ4n) is 3.46. The molecule has 0 spiro atoms. The molecule has 0 saturated carbocycles. The molecule has 1 saturated heterocycles. The van der Waals surface area contributed by atoms with Crippen molar-refractivity contribution < 1.29 is 34.3 Å². The standard InChI is InChI=1S/C21H21NO8/c1-10-16(13-4-2-3-7-22-13)17(24)12-6-5-11(8-14(12)28-10)29-21-20(27)19(26)18(25)15(9-23)30-21/h2-8,15,18-21,23,25-27H,9H2,1H3/t15-,18-,19-,20+,21-/m1/s1. The Morgan fingerprint density at radius 3 is 2.60 bits per heavy atom. The van der Waals surface area contributed by atoms with Crippen molar-refractivity contribution in [1.29, 1.82) is 0 Å². The second kappa shape index (κ2) is 8.13. The Balaban J connectivity index is 1.67. The molecule has 0 amide bonds. The second-order valence-corrected chi connectivity index (χ2v) is 7.05. The number of benzene rings is 1. The maximum Gasteiger partial charge on any atom is 0.229 e. The minimum Gasteiger partial charge on any atom is -0.462 e. The molecule has 0 radical (unpaired) electrons. The number of aliphatic hydroxyl groups is 4. The van der Waals surface area contributed by atoms with E-state index in [2.05, 4.69) is 4.98 Å². The van der Waals surface area contributed by atoms with Crippen LogP contribution in [0.4, 0.5) is 0 Å². The number of nitrogens with zero attached hydrogens (tertiary/aromatic N) is 1.